The molecule has 0 unspecified atom stereocenters. The molecule has 0 bridgehead atoms. The summed E-state index contributed by atoms with van der Waals surface area (Å²) >= 11 is 4.34. The first-order chi connectivity index (χ1) is 11.4. The Labute approximate surface area is 153 Å². The van der Waals surface area contributed by atoms with Crippen molar-refractivity contribution in [3.05, 3.63) is 27.1 Å². The van der Waals surface area contributed by atoms with Crippen molar-refractivity contribution >= 4 is 44.9 Å². The number of carbonyl (C=O) groups excluding carboxylic acids is 2. The standard InChI is InChI=1S/C17H16BrNO4S/c1-5-6-23-15-12(18)7-11(8-13(15)22-4)9-14-16(20)19(10(2)3)17(21)24-14/h1,7-10H,6H2,2-4H3/b14-9-. The molecule has 2 rings (SSSR count). The first-order valence-electron chi connectivity index (χ1n) is 7.10. The molecule has 7 heteroatoms. The number of halogens is 1. The van der Waals surface area contributed by atoms with Crippen LogP contribution < -0.4 is 9.47 Å². The van der Waals surface area contributed by atoms with Gasteiger partial charge in [0, 0.05) is 6.04 Å². The van der Waals surface area contributed by atoms with Crippen molar-refractivity contribution in [1.29, 1.82) is 0 Å². The van der Waals surface area contributed by atoms with Crippen molar-refractivity contribution in [2.75, 3.05) is 13.7 Å². The van der Waals surface area contributed by atoms with Gasteiger partial charge in [-0.1, -0.05) is 5.92 Å². The van der Waals surface area contributed by atoms with E-state index in [0.29, 0.717) is 26.4 Å². The summed E-state index contributed by atoms with van der Waals surface area (Å²) in [5.41, 5.74) is 0.709. The van der Waals surface area contributed by atoms with Crippen LogP contribution in [0.4, 0.5) is 4.79 Å². The van der Waals surface area contributed by atoms with E-state index in [1.165, 1.54) is 12.0 Å². The van der Waals surface area contributed by atoms with E-state index >= 15 is 0 Å². The molecule has 0 aliphatic carbocycles. The number of thioether (sulfide) groups is 1. The normalized spacial score (nSPS) is 16.0. The third-order valence-corrected chi connectivity index (χ3v) is 4.66. The average Bonchev–Trinajstić information content (AvgIpc) is 2.79. The fourth-order valence-electron chi connectivity index (χ4n) is 2.15. The lowest BCUT2D eigenvalue weighted by Crippen LogP contribution is -2.34. The number of nitrogens with zero attached hydrogens (tertiary/aromatic N) is 1. The summed E-state index contributed by atoms with van der Waals surface area (Å²) in [6.45, 7) is 3.72. The summed E-state index contributed by atoms with van der Waals surface area (Å²) in [5, 5.41) is -0.263. The van der Waals surface area contributed by atoms with Crippen LogP contribution in [0.15, 0.2) is 21.5 Å². The number of carbonyl (C=O) groups is 2. The highest BCUT2D eigenvalue weighted by Gasteiger charge is 2.36. The fourth-order valence-corrected chi connectivity index (χ4v) is 3.69. The second-order valence-corrected chi connectivity index (χ2v) is 7.02. The zero-order chi connectivity index (χ0) is 17.9. The van der Waals surface area contributed by atoms with Crippen LogP contribution in [0.3, 0.4) is 0 Å². The van der Waals surface area contributed by atoms with Crippen molar-refractivity contribution in [3.63, 3.8) is 0 Å². The van der Waals surface area contributed by atoms with Gasteiger partial charge in [-0.15, -0.1) is 6.42 Å². The number of hydrogen-bond donors (Lipinski definition) is 0. The van der Waals surface area contributed by atoms with E-state index in [9.17, 15) is 9.59 Å². The van der Waals surface area contributed by atoms with E-state index in [2.05, 4.69) is 21.9 Å². The van der Waals surface area contributed by atoms with Crippen LogP contribution in [0.25, 0.3) is 6.08 Å². The molecule has 24 heavy (non-hydrogen) atoms. The topological polar surface area (TPSA) is 55.8 Å². The molecule has 0 spiro atoms. The zero-order valence-electron chi connectivity index (χ0n) is 13.5. The number of rotatable bonds is 5. The molecule has 1 saturated heterocycles. The van der Waals surface area contributed by atoms with E-state index in [-0.39, 0.29) is 23.8 Å². The lowest BCUT2D eigenvalue weighted by molar-refractivity contribution is -0.123. The van der Waals surface area contributed by atoms with Crippen LogP contribution in [0.1, 0.15) is 19.4 Å². The van der Waals surface area contributed by atoms with E-state index in [0.717, 1.165) is 11.8 Å². The van der Waals surface area contributed by atoms with Gasteiger partial charge in [0.05, 0.1) is 16.5 Å². The van der Waals surface area contributed by atoms with Crippen molar-refractivity contribution in [2.24, 2.45) is 0 Å². The molecular formula is C17H16BrNO4S. The lowest BCUT2D eigenvalue weighted by Gasteiger charge is -2.16. The number of imide groups is 1. The van der Waals surface area contributed by atoms with Crippen LogP contribution in [0, 0.1) is 12.3 Å². The fraction of sp³-hybridized carbons (Fsp3) is 0.294. The average molecular weight is 410 g/mol. The first-order valence-corrected chi connectivity index (χ1v) is 8.70. The highest BCUT2D eigenvalue weighted by atomic mass is 79.9. The molecule has 1 heterocycles. The summed E-state index contributed by atoms with van der Waals surface area (Å²) < 4.78 is 11.4. The number of terminal acetylenes is 1. The highest BCUT2D eigenvalue weighted by Crippen LogP contribution is 2.39. The van der Waals surface area contributed by atoms with Gasteiger partial charge >= 0.3 is 0 Å². The summed E-state index contributed by atoms with van der Waals surface area (Å²) in [7, 11) is 1.51. The first kappa shape index (κ1) is 18.4. The second-order valence-electron chi connectivity index (χ2n) is 5.17. The van der Waals surface area contributed by atoms with Crippen LogP contribution in [-0.2, 0) is 4.79 Å². The van der Waals surface area contributed by atoms with Crippen LogP contribution in [0.5, 0.6) is 11.5 Å². The van der Waals surface area contributed by atoms with Crippen molar-refractivity contribution in [2.45, 2.75) is 19.9 Å². The minimum atomic E-state index is -0.289. The minimum Gasteiger partial charge on any atom is -0.493 e. The van der Waals surface area contributed by atoms with Gasteiger partial charge in [0.1, 0.15) is 6.61 Å². The summed E-state index contributed by atoms with van der Waals surface area (Å²) in [4.78, 5) is 25.9. The van der Waals surface area contributed by atoms with Crippen LogP contribution >= 0.6 is 27.7 Å². The third kappa shape index (κ3) is 3.77. The van der Waals surface area contributed by atoms with E-state index in [4.69, 9.17) is 15.9 Å². The van der Waals surface area contributed by atoms with Crippen LogP contribution in [-0.4, -0.2) is 35.8 Å². The number of methoxy groups -OCH3 is 1. The predicted octanol–water partition coefficient (Wildman–Crippen LogP) is 3.91. The molecule has 0 atom stereocenters. The Bertz CT molecular complexity index is 752. The SMILES string of the molecule is C#CCOc1c(Br)cc(/C=C2\SC(=O)N(C(C)C)C2=O)cc1OC. The Balaban J connectivity index is 2.37. The number of amides is 2. The maximum Gasteiger partial charge on any atom is 0.293 e. The lowest BCUT2D eigenvalue weighted by atomic mass is 10.1. The van der Waals surface area contributed by atoms with Gasteiger partial charge in [0.2, 0.25) is 0 Å². The molecule has 5 nitrogen and oxygen atoms in total. The van der Waals surface area contributed by atoms with Crippen molar-refractivity contribution in [3.8, 4) is 23.8 Å². The second kappa shape index (κ2) is 7.77. The molecule has 1 aromatic rings. The number of ether oxygens (including phenoxy) is 2. The minimum absolute atomic E-state index is 0.113. The maximum atomic E-state index is 12.3. The molecule has 1 aliphatic heterocycles. The number of benzene rings is 1. The van der Waals surface area contributed by atoms with Gasteiger partial charge in [0.25, 0.3) is 11.1 Å². The molecule has 1 fully saturated rings. The van der Waals surface area contributed by atoms with Gasteiger partial charge < -0.3 is 9.47 Å². The van der Waals surface area contributed by atoms with Crippen molar-refractivity contribution in [1.82, 2.24) is 4.90 Å². The van der Waals surface area contributed by atoms with Gasteiger partial charge in [-0.05, 0) is 65.3 Å². The third-order valence-electron chi connectivity index (χ3n) is 3.19. The predicted molar refractivity (Wildman–Crippen MR) is 98.0 cm³/mol. The molecule has 0 aromatic heterocycles. The van der Waals surface area contributed by atoms with E-state index < -0.39 is 0 Å². The Morgan fingerprint density at radius 3 is 2.67 bits per heavy atom. The Kier molecular flexibility index (Phi) is 5.97. The summed E-state index contributed by atoms with van der Waals surface area (Å²) in [6, 6.07) is 3.32. The quantitative estimate of drug-likeness (QED) is 0.544. The molecule has 0 N–H and O–H groups in total. The molecule has 1 aromatic carbocycles. The summed E-state index contributed by atoms with van der Waals surface area (Å²) in [5.74, 6) is 3.07. The Hall–Kier alpha value is -1.91. The highest BCUT2D eigenvalue weighted by molar-refractivity contribution is 9.10. The Morgan fingerprint density at radius 2 is 2.12 bits per heavy atom. The van der Waals surface area contributed by atoms with Crippen molar-refractivity contribution < 1.29 is 19.1 Å². The Morgan fingerprint density at radius 1 is 1.42 bits per heavy atom. The monoisotopic (exact) mass is 409 g/mol. The van der Waals surface area contributed by atoms with Gasteiger partial charge in [-0.25, -0.2) is 0 Å². The van der Waals surface area contributed by atoms with Crippen LogP contribution in [0.2, 0.25) is 0 Å². The van der Waals surface area contributed by atoms with Gasteiger partial charge in [-0.2, -0.15) is 0 Å². The number of hydrogen-bond acceptors (Lipinski definition) is 5. The molecule has 126 valence electrons. The zero-order valence-corrected chi connectivity index (χ0v) is 15.9. The largest absolute Gasteiger partial charge is 0.493 e. The molecule has 1 aliphatic rings. The molecular weight excluding hydrogens is 394 g/mol. The van der Waals surface area contributed by atoms with E-state index in [1.54, 1.807) is 32.1 Å². The molecule has 2 amide bonds. The summed E-state index contributed by atoms with van der Waals surface area (Å²) in [6.07, 6.45) is 6.86. The molecule has 0 saturated carbocycles. The smallest absolute Gasteiger partial charge is 0.293 e. The van der Waals surface area contributed by atoms with Gasteiger partial charge in [-0.3, -0.25) is 14.5 Å². The maximum absolute atomic E-state index is 12.3. The van der Waals surface area contributed by atoms with E-state index in [1.807, 2.05) is 0 Å². The molecule has 0 radical (unpaired) electrons. The van der Waals surface area contributed by atoms with Gasteiger partial charge in [0.15, 0.2) is 11.5 Å².